The van der Waals surface area contributed by atoms with E-state index in [1.165, 1.54) is 0 Å². The van der Waals surface area contributed by atoms with E-state index in [1.807, 2.05) is 33.2 Å². The third kappa shape index (κ3) is 3.08. The molecule has 0 amide bonds. The Balaban J connectivity index is 1.75. The Bertz CT molecular complexity index is 1440. The number of imidazole rings is 1. The molecule has 0 aliphatic rings. The predicted octanol–water partition coefficient (Wildman–Crippen LogP) is 5.22. The number of hydrogen-bond acceptors (Lipinski definition) is 7. The first-order valence-corrected chi connectivity index (χ1v) is 10.5. The number of anilines is 2. The minimum atomic E-state index is 0.263. The van der Waals surface area contributed by atoms with Gasteiger partial charge in [0.15, 0.2) is 0 Å². The van der Waals surface area contributed by atoms with Crippen molar-refractivity contribution in [2.75, 3.05) is 12.4 Å². The number of aryl methyl sites for hydroxylation is 3. The van der Waals surface area contributed by atoms with Crippen LogP contribution in [0.4, 0.5) is 11.6 Å². The molecule has 4 aromatic heterocycles. The van der Waals surface area contributed by atoms with Crippen LogP contribution in [-0.4, -0.2) is 36.8 Å². The van der Waals surface area contributed by atoms with Crippen molar-refractivity contribution in [2.45, 2.75) is 40.7 Å². The summed E-state index contributed by atoms with van der Waals surface area (Å²) in [5.74, 6) is 3.73. The van der Waals surface area contributed by atoms with Crippen LogP contribution in [-0.2, 0) is 0 Å². The maximum absolute atomic E-state index is 5.77. The molecule has 9 heteroatoms. The van der Waals surface area contributed by atoms with Crippen molar-refractivity contribution in [2.24, 2.45) is 0 Å². The number of nitrogens with zero attached hydrogens (tertiary/aromatic N) is 5. The van der Waals surface area contributed by atoms with Crippen LogP contribution >= 0.6 is 0 Å². The molecule has 0 unspecified atom stereocenters. The van der Waals surface area contributed by atoms with Gasteiger partial charge in [0, 0.05) is 22.5 Å². The molecule has 5 aromatic rings. The first kappa shape index (κ1) is 20.0. The van der Waals surface area contributed by atoms with E-state index in [0.29, 0.717) is 11.6 Å². The molecule has 1 aromatic carbocycles. The van der Waals surface area contributed by atoms with Crippen LogP contribution < -0.4 is 10.1 Å². The van der Waals surface area contributed by atoms with Crippen LogP contribution in [0, 0.1) is 20.8 Å². The quantitative estimate of drug-likeness (QED) is 0.393. The summed E-state index contributed by atoms with van der Waals surface area (Å²) in [6, 6.07) is 4.33. The maximum atomic E-state index is 5.77. The molecule has 0 saturated heterocycles. The zero-order valence-electron chi connectivity index (χ0n) is 18.9. The molecule has 32 heavy (non-hydrogen) atoms. The number of rotatable bonds is 5. The lowest BCUT2D eigenvalue weighted by atomic mass is 10.0. The summed E-state index contributed by atoms with van der Waals surface area (Å²) >= 11 is 0. The van der Waals surface area contributed by atoms with E-state index in [-0.39, 0.29) is 6.04 Å². The second-order valence-electron chi connectivity index (χ2n) is 8.17. The number of hydrogen-bond donors (Lipinski definition) is 2. The van der Waals surface area contributed by atoms with Gasteiger partial charge in [-0.25, -0.2) is 15.0 Å². The Kier molecular flexibility index (Phi) is 4.61. The molecule has 0 atom stereocenters. The van der Waals surface area contributed by atoms with Crippen molar-refractivity contribution in [1.29, 1.82) is 0 Å². The number of fused-ring (bicyclic) bond motifs is 3. The summed E-state index contributed by atoms with van der Waals surface area (Å²) in [7, 11) is 1.67. The SMILES string of the molecule is COc1cc2c(cc1-c1c(C)noc1C)[nH]c1nc(C)nc(Nc3cncn3C(C)C)c12. The van der Waals surface area contributed by atoms with Crippen molar-refractivity contribution in [3.8, 4) is 16.9 Å². The van der Waals surface area contributed by atoms with Gasteiger partial charge in [-0.2, -0.15) is 0 Å². The fourth-order valence-electron chi connectivity index (χ4n) is 4.19. The number of ether oxygens (including phenoxy) is 1. The number of methoxy groups -OCH3 is 1. The van der Waals surface area contributed by atoms with Gasteiger partial charge in [0.2, 0.25) is 0 Å². The van der Waals surface area contributed by atoms with Gasteiger partial charge in [-0.1, -0.05) is 5.16 Å². The van der Waals surface area contributed by atoms with E-state index in [1.54, 1.807) is 13.3 Å². The zero-order chi connectivity index (χ0) is 22.6. The fourth-order valence-corrected chi connectivity index (χ4v) is 4.19. The molecule has 164 valence electrons. The lowest BCUT2D eigenvalue weighted by Crippen LogP contribution is -2.06. The topological polar surface area (TPSA) is 107 Å². The molecule has 0 aliphatic carbocycles. The Morgan fingerprint density at radius 3 is 2.66 bits per heavy atom. The molecule has 5 rings (SSSR count). The highest BCUT2D eigenvalue weighted by atomic mass is 16.5. The second-order valence-corrected chi connectivity index (χ2v) is 8.17. The molecule has 0 bridgehead atoms. The molecule has 0 aliphatic heterocycles. The average molecular weight is 432 g/mol. The average Bonchev–Trinajstić information content (AvgIpc) is 3.43. The number of benzene rings is 1. The van der Waals surface area contributed by atoms with Crippen molar-refractivity contribution < 1.29 is 9.26 Å². The maximum Gasteiger partial charge on any atom is 0.145 e. The van der Waals surface area contributed by atoms with Crippen LogP contribution in [0.2, 0.25) is 0 Å². The molecule has 4 heterocycles. The highest BCUT2D eigenvalue weighted by Gasteiger charge is 2.21. The van der Waals surface area contributed by atoms with Gasteiger partial charge in [0.1, 0.15) is 34.6 Å². The van der Waals surface area contributed by atoms with Crippen LogP contribution in [0.5, 0.6) is 5.75 Å². The van der Waals surface area contributed by atoms with E-state index in [4.69, 9.17) is 14.2 Å². The number of nitrogens with one attached hydrogen (secondary N) is 2. The lowest BCUT2D eigenvalue weighted by Gasteiger charge is -2.14. The Labute approximate surface area is 184 Å². The summed E-state index contributed by atoms with van der Waals surface area (Å²) in [5.41, 5.74) is 4.35. The highest BCUT2D eigenvalue weighted by molar-refractivity contribution is 6.13. The van der Waals surface area contributed by atoms with Crippen LogP contribution in [0.3, 0.4) is 0 Å². The Hall–Kier alpha value is -3.88. The molecule has 2 N–H and O–H groups in total. The van der Waals surface area contributed by atoms with Gasteiger partial charge in [-0.15, -0.1) is 0 Å². The summed E-state index contributed by atoms with van der Waals surface area (Å²) in [6.07, 6.45) is 3.61. The van der Waals surface area contributed by atoms with Crippen molar-refractivity contribution in [1.82, 2.24) is 29.7 Å². The lowest BCUT2D eigenvalue weighted by molar-refractivity contribution is 0.393. The van der Waals surface area contributed by atoms with Gasteiger partial charge in [-0.3, -0.25) is 0 Å². The number of aromatic amines is 1. The minimum absolute atomic E-state index is 0.263. The zero-order valence-corrected chi connectivity index (χ0v) is 18.9. The highest BCUT2D eigenvalue weighted by Crippen LogP contribution is 2.41. The normalized spacial score (nSPS) is 11.7. The third-order valence-electron chi connectivity index (χ3n) is 5.65. The van der Waals surface area contributed by atoms with Gasteiger partial charge in [-0.05, 0) is 46.8 Å². The summed E-state index contributed by atoms with van der Waals surface area (Å²) in [6.45, 7) is 9.93. The largest absolute Gasteiger partial charge is 0.496 e. The standard InChI is InChI=1S/C23H25N7O2/c1-11(2)30-10-24-9-19(30)28-23-21-15-8-18(31-6)16(20-12(3)29-32-13(20)4)7-17(15)27-22(21)25-14(5)26-23/h7-11H,1-6H3,(H2,25,26,27,28). The van der Waals surface area contributed by atoms with Gasteiger partial charge >= 0.3 is 0 Å². The summed E-state index contributed by atoms with van der Waals surface area (Å²) in [4.78, 5) is 17.1. The van der Waals surface area contributed by atoms with Crippen LogP contribution in [0.1, 0.15) is 37.2 Å². The van der Waals surface area contributed by atoms with E-state index in [9.17, 15) is 0 Å². The molecule has 0 saturated carbocycles. The van der Waals surface area contributed by atoms with Gasteiger partial charge < -0.3 is 24.1 Å². The van der Waals surface area contributed by atoms with E-state index in [0.717, 1.165) is 56.1 Å². The van der Waals surface area contributed by atoms with Crippen LogP contribution in [0.25, 0.3) is 33.1 Å². The first-order valence-electron chi connectivity index (χ1n) is 10.5. The fraction of sp³-hybridized carbons (Fsp3) is 0.304. The third-order valence-corrected chi connectivity index (χ3v) is 5.65. The van der Waals surface area contributed by atoms with E-state index in [2.05, 4.69) is 49.9 Å². The molecule has 9 nitrogen and oxygen atoms in total. The van der Waals surface area contributed by atoms with Gasteiger partial charge in [0.05, 0.1) is 36.3 Å². The molecular weight excluding hydrogens is 406 g/mol. The smallest absolute Gasteiger partial charge is 0.145 e. The predicted molar refractivity (Wildman–Crippen MR) is 124 cm³/mol. The summed E-state index contributed by atoms with van der Waals surface area (Å²) < 4.78 is 13.2. The Morgan fingerprint density at radius 1 is 1.16 bits per heavy atom. The monoisotopic (exact) mass is 431 g/mol. The minimum Gasteiger partial charge on any atom is -0.496 e. The molecule has 0 spiro atoms. The molecule has 0 fully saturated rings. The van der Waals surface area contributed by atoms with E-state index >= 15 is 0 Å². The first-order chi connectivity index (χ1) is 15.4. The second kappa shape index (κ2) is 7.37. The molecular formula is C23H25N7O2. The van der Waals surface area contributed by atoms with Crippen molar-refractivity contribution in [3.05, 3.63) is 41.9 Å². The molecule has 0 radical (unpaired) electrons. The van der Waals surface area contributed by atoms with E-state index < -0.39 is 0 Å². The van der Waals surface area contributed by atoms with Crippen molar-refractivity contribution >= 4 is 33.6 Å². The van der Waals surface area contributed by atoms with Gasteiger partial charge in [0.25, 0.3) is 0 Å². The van der Waals surface area contributed by atoms with Crippen LogP contribution in [0.15, 0.2) is 29.2 Å². The van der Waals surface area contributed by atoms with Crippen molar-refractivity contribution in [3.63, 3.8) is 0 Å². The number of H-pyrrole nitrogens is 1. The summed E-state index contributed by atoms with van der Waals surface area (Å²) in [5, 5.41) is 9.41. The number of aromatic nitrogens is 6. The Morgan fingerprint density at radius 2 is 1.97 bits per heavy atom.